The smallest absolute Gasteiger partial charge is 0.125 e. The Hall–Kier alpha value is -1.84. The summed E-state index contributed by atoms with van der Waals surface area (Å²) in [5, 5.41) is 3.87. The highest BCUT2D eigenvalue weighted by atomic mass is 16.5. The highest BCUT2D eigenvalue weighted by Gasteiger charge is 2.26. The van der Waals surface area contributed by atoms with Gasteiger partial charge in [0.1, 0.15) is 12.4 Å². The molecule has 0 spiro atoms. The van der Waals surface area contributed by atoms with Gasteiger partial charge in [0.25, 0.3) is 0 Å². The van der Waals surface area contributed by atoms with Gasteiger partial charge in [-0.1, -0.05) is 64.1 Å². The van der Waals surface area contributed by atoms with E-state index in [1.807, 2.05) is 0 Å². The van der Waals surface area contributed by atoms with Crippen LogP contribution in [0.5, 0.6) is 5.75 Å². The molecule has 0 aliphatic carbocycles. The standard InChI is InChI=1S/C24H34N2O/c1-5-26(6-2)15-14-25-24-21-12-8-7-10-20(21)17-27-22-13-9-11-19(23(22)24)16-18(3)4/h7-13,18,24-25H,5-6,14-17H2,1-4H3. The molecule has 1 N–H and O–H groups in total. The number of likely N-dealkylation sites (N-methyl/N-ethyl adjacent to an activating group) is 1. The van der Waals surface area contributed by atoms with Crippen LogP contribution in [0.3, 0.4) is 0 Å². The topological polar surface area (TPSA) is 24.5 Å². The van der Waals surface area contributed by atoms with Gasteiger partial charge in [-0.25, -0.2) is 0 Å². The maximum atomic E-state index is 6.25. The van der Waals surface area contributed by atoms with Crippen LogP contribution in [0, 0.1) is 5.92 Å². The lowest BCUT2D eigenvalue weighted by molar-refractivity contribution is 0.297. The lowest BCUT2D eigenvalue weighted by Gasteiger charge is -2.26. The first-order valence-corrected chi connectivity index (χ1v) is 10.4. The second kappa shape index (κ2) is 9.38. The van der Waals surface area contributed by atoms with Crippen molar-refractivity contribution in [1.29, 1.82) is 0 Å². The van der Waals surface area contributed by atoms with Gasteiger partial charge in [-0.2, -0.15) is 0 Å². The zero-order chi connectivity index (χ0) is 19.2. The van der Waals surface area contributed by atoms with Crippen molar-refractivity contribution in [2.24, 2.45) is 5.92 Å². The molecule has 3 heteroatoms. The van der Waals surface area contributed by atoms with E-state index in [0.29, 0.717) is 12.5 Å². The Morgan fingerprint density at radius 1 is 1.07 bits per heavy atom. The minimum atomic E-state index is 0.184. The van der Waals surface area contributed by atoms with Crippen LogP contribution in [-0.4, -0.2) is 31.1 Å². The van der Waals surface area contributed by atoms with Crippen molar-refractivity contribution < 1.29 is 4.74 Å². The molecule has 0 fully saturated rings. The molecular formula is C24H34N2O. The molecule has 27 heavy (non-hydrogen) atoms. The molecule has 1 aliphatic rings. The summed E-state index contributed by atoms with van der Waals surface area (Å²) in [6.45, 7) is 13.9. The van der Waals surface area contributed by atoms with Crippen LogP contribution in [0.25, 0.3) is 0 Å². The first-order chi connectivity index (χ1) is 13.1. The summed E-state index contributed by atoms with van der Waals surface area (Å²) in [5.74, 6) is 1.65. The number of nitrogens with zero attached hydrogens (tertiary/aromatic N) is 1. The Bertz CT molecular complexity index is 737. The van der Waals surface area contributed by atoms with Crippen molar-refractivity contribution in [2.45, 2.75) is 46.8 Å². The highest BCUT2D eigenvalue weighted by Crippen LogP contribution is 2.38. The summed E-state index contributed by atoms with van der Waals surface area (Å²) >= 11 is 0. The summed E-state index contributed by atoms with van der Waals surface area (Å²) in [6, 6.07) is 15.4. The van der Waals surface area contributed by atoms with Crippen molar-refractivity contribution in [2.75, 3.05) is 26.2 Å². The normalized spacial score (nSPS) is 16.0. The summed E-state index contributed by atoms with van der Waals surface area (Å²) in [7, 11) is 0. The van der Waals surface area contributed by atoms with Gasteiger partial charge < -0.3 is 15.0 Å². The second-order valence-corrected chi connectivity index (χ2v) is 7.83. The van der Waals surface area contributed by atoms with E-state index in [1.54, 1.807) is 0 Å². The van der Waals surface area contributed by atoms with E-state index in [2.05, 4.69) is 80.4 Å². The van der Waals surface area contributed by atoms with E-state index in [9.17, 15) is 0 Å². The summed E-state index contributed by atoms with van der Waals surface area (Å²) in [4.78, 5) is 2.47. The van der Waals surface area contributed by atoms with E-state index in [0.717, 1.165) is 38.3 Å². The van der Waals surface area contributed by atoms with Gasteiger partial charge >= 0.3 is 0 Å². The minimum Gasteiger partial charge on any atom is -0.489 e. The Morgan fingerprint density at radius 3 is 2.59 bits per heavy atom. The third-order valence-corrected chi connectivity index (χ3v) is 5.49. The molecule has 2 aromatic carbocycles. The Labute approximate surface area is 164 Å². The number of fused-ring (bicyclic) bond motifs is 2. The molecular weight excluding hydrogens is 332 g/mol. The van der Waals surface area contributed by atoms with Gasteiger partial charge in [0.2, 0.25) is 0 Å². The van der Waals surface area contributed by atoms with E-state index in [1.165, 1.54) is 22.3 Å². The second-order valence-electron chi connectivity index (χ2n) is 7.83. The summed E-state index contributed by atoms with van der Waals surface area (Å²) < 4.78 is 6.25. The number of hydrogen-bond acceptors (Lipinski definition) is 3. The fourth-order valence-corrected chi connectivity index (χ4v) is 4.04. The van der Waals surface area contributed by atoms with Crippen molar-refractivity contribution in [3.63, 3.8) is 0 Å². The van der Waals surface area contributed by atoms with Gasteiger partial charge in [0.15, 0.2) is 0 Å². The molecule has 1 unspecified atom stereocenters. The van der Waals surface area contributed by atoms with Crippen LogP contribution in [0.2, 0.25) is 0 Å². The van der Waals surface area contributed by atoms with Crippen LogP contribution < -0.4 is 10.1 Å². The van der Waals surface area contributed by atoms with Crippen LogP contribution in [-0.2, 0) is 13.0 Å². The maximum absolute atomic E-state index is 6.25. The van der Waals surface area contributed by atoms with E-state index < -0.39 is 0 Å². The van der Waals surface area contributed by atoms with Crippen molar-refractivity contribution in [3.8, 4) is 5.75 Å². The van der Waals surface area contributed by atoms with Gasteiger partial charge in [-0.05, 0) is 48.2 Å². The third kappa shape index (κ3) is 4.72. The van der Waals surface area contributed by atoms with E-state index >= 15 is 0 Å². The molecule has 1 heterocycles. The largest absolute Gasteiger partial charge is 0.489 e. The van der Waals surface area contributed by atoms with Crippen molar-refractivity contribution in [1.82, 2.24) is 10.2 Å². The predicted octanol–water partition coefficient (Wildman–Crippen LogP) is 4.80. The molecule has 3 rings (SSSR count). The van der Waals surface area contributed by atoms with Crippen LogP contribution in [0.4, 0.5) is 0 Å². The third-order valence-electron chi connectivity index (χ3n) is 5.49. The van der Waals surface area contributed by atoms with E-state index in [4.69, 9.17) is 4.74 Å². The first kappa shape index (κ1) is 19.9. The Kier molecular flexibility index (Phi) is 6.92. The highest BCUT2D eigenvalue weighted by molar-refractivity contribution is 5.50. The summed E-state index contributed by atoms with van der Waals surface area (Å²) in [5.41, 5.74) is 5.37. The van der Waals surface area contributed by atoms with Crippen molar-refractivity contribution in [3.05, 3.63) is 64.7 Å². The first-order valence-electron chi connectivity index (χ1n) is 10.4. The zero-order valence-electron chi connectivity index (χ0n) is 17.3. The van der Waals surface area contributed by atoms with Crippen molar-refractivity contribution >= 4 is 0 Å². The molecule has 1 atom stereocenters. The van der Waals surface area contributed by atoms with Crippen LogP contribution in [0.15, 0.2) is 42.5 Å². The molecule has 1 aliphatic heterocycles. The Balaban J connectivity index is 1.96. The number of nitrogens with one attached hydrogen (secondary N) is 1. The molecule has 0 saturated carbocycles. The molecule has 146 valence electrons. The van der Waals surface area contributed by atoms with Gasteiger partial charge in [-0.15, -0.1) is 0 Å². The SMILES string of the molecule is CCN(CC)CCNC1c2ccccc2COc2cccc(CC(C)C)c21. The molecule has 0 amide bonds. The maximum Gasteiger partial charge on any atom is 0.125 e. The van der Waals surface area contributed by atoms with Crippen LogP contribution in [0.1, 0.15) is 56.0 Å². The molecule has 2 aromatic rings. The Morgan fingerprint density at radius 2 is 1.85 bits per heavy atom. The number of hydrogen-bond donors (Lipinski definition) is 1. The number of benzene rings is 2. The molecule has 0 radical (unpaired) electrons. The molecule has 0 bridgehead atoms. The average Bonchev–Trinajstić information content (AvgIpc) is 2.83. The zero-order valence-corrected chi connectivity index (χ0v) is 17.3. The van der Waals surface area contributed by atoms with Gasteiger partial charge in [0, 0.05) is 18.7 Å². The number of ether oxygens (including phenoxy) is 1. The monoisotopic (exact) mass is 366 g/mol. The molecule has 0 saturated heterocycles. The average molecular weight is 367 g/mol. The molecule has 3 nitrogen and oxygen atoms in total. The predicted molar refractivity (Wildman–Crippen MR) is 113 cm³/mol. The lowest BCUT2D eigenvalue weighted by atomic mass is 9.88. The minimum absolute atomic E-state index is 0.184. The van der Waals surface area contributed by atoms with Gasteiger partial charge in [-0.3, -0.25) is 0 Å². The van der Waals surface area contributed by atoms with Gasteiger partial charge in [0.05, 0.1) is 6.04 Å². The fourth-order valence-electron chi connectivity index (χ4n) is 4.04. The molecule has 0 aromatic heterocycles. The van der Waals surface area contributed by atoms with E-state index in [-0.39, 0.29) is 6.04 Å². The summed E-state index contributed by atoms with van der Waals surface area (Å²) in [6.07, 6.45) is 1.07. The number of rotatable bonds is 8. The fraction of sp³-hybridized carbons (Fsp3) is 0.500. The quantitative estimate of drug-likeness (QED) is 0.726. The lowest BCUT2D eigenvalue weighted by Crippen LogP contribution is -2.34. The van der Waals surface area contributed by atoms with Crippen LogP contribution >= 0.6 is 0 Å².